The van der Waals surface area contributed by atoms with Crippen molar-refractivity contribution in [3.8, 4) is 0 Å². The van der Waals surface area contributed by atoms with Crippen LogP contribution in [0.25, 0.3) is 0 Å². The lowest BCUT2D eigenvalue weighted by atomic mass is 10.4. The third kappa shape index (κ3) is 23.4. The van der Waals surface area contributed by atoms with Crippen LogP contribution in [0.4, 0.5) is 0 Å². The van der Waals surface area contributed by atoms with Crippen molar-refractivity contribution in [1.82, 2.24) is 0 Å². The minimum absolute atomic E-state index is 0.129. The minimum Gasteiger partial charge on any atom is -0.478 e. The Balaban J connectivity index is 0. The number of hydrogen-bond donors (Lipinski definition) is 2. The van der Waals surface area contributed by atoms with Gasteiger partial charge in [-0.15, -0.1) is 0 Å². The zero-order valence-corrected chi connectivity index (χ0v) is 7.10. The summed E-state index contributed by atoms with van der Waals surface area (Å²) in [5, 5.41) is 15.8. The maximum absolute atomic E-state index is 9.25. The Morgan fingerprint density at radius 2 is 2.00 bits per heavy atom. The van der Waals surface area contributed by atoms with E-state index in [0.717, 1.165) is 6.08 Å². The highest BCUT2D eigenvalue weighted by Crippen LogP contribution is 1.72. The van der Waals surface area contributed by atoms with Gasteiger partial charge in [-0.2, -0.15) is 0 Å². The predicted molar refractivity (Wildman–Crippen MR) is 48.9 cm³/mol. The van der Waals surface area contributed by atoms with E-state index in [9.17, 15) is 4.79 Å². The van der Waals surface area contributed by atoms with Crippen LogP contribution in [0.15, 0.2) is 37.0 Å². The molecule has 0 aromatic carbocycles. The smallest absolute Gasteiger partial charge is 0.327 e. The fraction of sp³-hybridized carbons (Fsp3) is 0.222. The molecule has 0 fully saturated rings. The lowest BCUT2D eigenvalue weighted by Crippen LogP contribution is -1.82. The van der Waals surface area contributed by atoms with Crippen molar-refractivity contribution in [3.63, 3.8) is 0 Å². The van der Waals surface area contributed by atoms with Crippen LogP contribution in [-0.2, 0) is 4.79 Å². The normalized spacial score (nSPS) is 9.50. The summed E-state index contributed by atoms with van der Waals surface area (Å²) in [7, 11) is 0. The van der Waals surface area contributed by atoms with Gasteiger partial charge in [0.1, 0.15) is 0 Å². The predicted octanol–water partition coefficient (Wildman–Crippen LogP) is 1.37. The Bertz CT molecular complexity index is 169. The quantitative estimate of drug-likeness (QED) is 0.496. The summed E-state index contributed by atoms with van der Waals surface area (Å²) in [4.78, 5) is 9.25. The van der Waals surface area contributed by atoms with Crippen LogP contribution >= 0.6 is 0 Å². The van der Waals surface area contributed by atoms with Crippen molar-refractivity contribution in [3.05, 3.63) is 37.0 Å². The van der Waals surface area contributed by atoms with Gasteiger partial charge in [-0.05, 0) is 6.92 Å². The molecule has 0 spiro atoms. The maximum atomic E-state index is 9.25. The first-order chi connectivity index (χ1) is 5.68. The lowest BCUT2D eigenvalue weighted by Gasteiger charge is -1.70. The fourth-order valence-electron chi connectivity index (χ4n) is 0.251. The zero-order chi connectivity index (χ0) is 9.82. The Kier molecular flexibility index (Phi) is 13.6. The Morgan fingerprint density at radius 3 is 2.25 bits per heavy atom. The first-order valence-electron chi connectivity index (χ1n) is 3.43. The zero-order valence-electron chi connectivity index (χ0n) is 7.10. The molecule has 0 saturated heterocycles. The number of rotatable bonds is 3. The van der Waals surface area contributed by atoms with Crippen molar-refractivity contribution in [2.24, 2.45) is 0 Å². The van der Waals surface area contributed by atoms with Crippen LogP contribution in [0.2, 0.25) is 0 Å². The van der Waals surface area contributed by atoms with Gasteiger partial charge in [0.2, 0.25) is 0 Å². The van der Waals surface area contributed by atoms with Crippen molar-refractivity contribution in [2.75, 3.05) is 6.61 Å². The first-order valence-corrected chi connectivity index (χ1v) is 3.43. The van der Waals surface area contributed by atoms with Crippen LogP contribution in [0.5, 0.6) is 0 Å². The second-order valence-electron chi connectivity index (χ2n) is 1.68. The third-order valence-electron chi connectivity index (χ3n) is 0.720. The van der Waals surface area contributed by atoms with Crippen LogP contribution < -0.4 is 0 Å². The van der Waals surface area contributed by atoms with Gasteiger partial charge in [0.25, 0.3) is 0 Å². The summed E-state index contributed by atoms with van der Waals surface area (Å²) >= 11 is 0. The summed E-state index contributed by atoms with van der Waals surface area (Å²) in [6.45, 7) is 5.02. The van der Waals surface area contributed by atoms with Crippen molar-refractivity contribution < 1.29 is 15.0 Å². The molecule has 0 heterocycles. The summed E-state index contributed by atoms with van der Waals surface area (Å²) < 4.78 is 0. The number of aliphatic hydroxyl groups excluding tert-OH is 1. The molecule has 0 unspecified atom stereocenters. The number of aliphatic hydroxyl groups is 1. The molecule has 3 heteroatoms. The van der Waals surface area contributed by atoms with Gasteiger partial charge in [-0.25, -0.2) is 4.79 Å². The molecule has 0 saturated carbocycles. The van der Waals surface area contributed by atoms with E-state index < -0.39 is 5.97 Å². The molecule has 3 nitrogen and oxygen atoms in total. The molecule has 0 bridgehead atoms. The molecule has 0 atom stereocenters. The number of allylic oxidation sites excluding steroid dienone is 3. The van der Waals surface area contributed by atoms with Crippen LogP contribution in [0.3, 0.4) is 0 Å². The van der Waals surface area contributed by atoms with E-state index in [1.165, 1.54) is 0 Å². The van der Waals surface area contributed by atoms with E-state index in [2.05, 4.69) is 6.58 Å². The molecule has 0 aromatic heterocycles. The highest BCUT2D eigenvalue weighted by atomic mass is 16.4. The molecule has 0 radical (unpaired) electrons. The molecule has 0 amide bonds. The first kappa shape index (κ1) is 13.3. The average molecular weight is 170 g/mol. The van der Waals surface area contributed by atoms with E-state index in [4.69, 9.17) is 10.2 Å². The number of carboxylic acid groups (broad SMARTS) is 1. The second-order valence-corrected chi connectivity index (χ2v) is 1.68. The Morgan fingerprint density at radius 1 is 1.50 bits per heavy atom. The number of carbonyl (C=O) groups is 1. The number of carboxylic acids is 1. The topological polar surface area (TPSA) is 57.5 Å². The molecule has 0 aliphatic carbocycles. The van der Waals surface area contributed by atoms with Crippen LogP contribution in [-0.4, -0.2) is 22.8 Å². The van der Waals surface area contributed by atoms with E-state index in [1.54, 1.807) is 12.2 Å². The summed E-state index contributed by atoms with van der Waals surface area (Å²) in [6.07, 6.45) is 8.10. The van der Waals surface area contributed by atoms with Crippen molar-refractivity contribution in [2.45, 2.75) is 6.92 Å². The van der Waals surface area contributed by atoms with Gasteiger partial charge in [0.05, 0.1) is 6.61 Å². The van der Waals surface area contributed by atoms with Crippen molar-refractivity contribution >= 4 is 5.97 Å². The monoisotopic (exact) mass is 170 g/mol. The van der Waals surface area contributed by atoms with Gasteiger partial charge in [-0.1, -0.05) is 30.9 Å². The Labute approximate surface area is 72.3 Å². The lowest BCUT2D eigenvalue weighted by molar-refractivity contribution is -0.131. The van der Waals surface area contributed by atoms with Gasteiger partial charge in [0, 0.05) is 6.08 Å². The van der Waals surface area contributed by atoms with E-state index in [0.29, 0.717) is 0 Å². The fourth-order valence-corrected chi connectivity index (χ4v) is 0.251. The molecule has 0 rings (SSSR count). The average Bonchev–Trinajstić information content (AvgIpc) is 2.07. The second kappa shape index (κ2) is 12.3. The number of hydrogen-bond acceptors (Lipinski definition) is 2. The summed E-state index contributed by atoms with van der Waals surface area (Å²) in [6, 6.07) is 0. The SMILES string of the molecule is C/C=C/C=C/CO.C=CC(=O)O. The maximum Gasteiger partial charge on any atom is 0.327 e. The van der Waals surface area contributed by atoms with Crippen molar-refractivity contribution in [1.29, 1.82) is 0 Å². The number of aliphatic carboxylic acids is 1. The third-order valence-corrected chi connectivity index (χ3v) is 0.720. The Hall–Kier alpha value is -1.35. The molecule has 0 aromatic rings. The summed E-state index contributed by atoms with van der Waals surface area (Å²) in [5.74, 6) is -0.981. The highest BCUT2D eigenvalue weighted by molar-refractivity contribution is 5.78. The van der Waals surface area contributed by atoms with E-state index in [1.807, 2.05) is 19.1 Å². The molecule has 0 aliphatic heterocycles. The molecule has 2 N–H and O–H groups in total. The molecule has 0 aliphatic rings. The summed E-state index contributed by atoms with van der Waals surface area (Å²) in [5.41, 5.74) is 0. The van der Waals surface area contributed by atoms with E-state index in [-0.39, 0.29) is 6.61 Å². The molecule has 68 valence electrons. The minimum atomic E-state index is -0.981. The standard InChI is InChI=1S/C6H10O.C3H4O2/c1-2-3-4-5-6-7;1-2-3(4)5/h2-5,7H,6H2,1H3;2H,1H2,(H,4,5)/b3-2+,5-4+;. The van der Waals surface area contributed by atoms with Gasteiger partial charge >= 0.3 is 5.97 Å². The van der Waals surface area contributed by atoms with Gasteiger partial charge < -0.3 is 10.2 Å². The van der Waals surface area contributed by atoms with Crippen LogP contribution in [0, 0.1) is 0 Å². The molecular formula is C9H14O3. The van der Waals surface area contributed by atoms with E-state index >= 15 is 0 Å². The highest BCUT2D eigenvalue weighted by Gasteiger charge is 1.73. The largest absolute Gasteiger partial charge is 0.478 e. The molecule has 12 heavy (non-hydrogen) atoms. The molecular weight excluding hydrogens is 156 g/mol. The van der Waals surface area contributed by atoms with Crippen LogP contribution in [0.1, 0.15) is 6.92 Å². The van der Waals surface area contributed by atoms with Gasteiger partial charge in [-0.3, -0.25) is 0 Å². The van der Waals surface area contributed by atoms with Gasteiger partial charge in [0.15, 0.2) is 0 Å².